The molecular formula is C14H16N4O3. The van der Waals surface area contributed by atoms with E-state index in [0.717, 1.165) is 10.9 Å². The first kappa shape index (κ1) is 14.6. The first-order valence-electron chi connectivity index (χ1n) is 6.31. The summed E-state index contributed by atoms with van der Waals surface area (Å²) >= 11 is 0. The van der Waals surface area contributed by atoms with Gasteiger partial charge in [0.15, 0.2) is 0 Å². The van der Waals surface area contributed by atoms with E-state index in [4.69, 9.17) is 16.6 Å². The topological polar surface area (TPSA) is 131 Å². The maximum absolute atomic E-state index is 11.2. The van der Waals surface area contributed by atoms with Crippen molar-refractivity contribution in [3.05, 3.63) is 30.0 Å². The largest absolute Gasteiger partial charge is 0.480 e. The van der Waals surface area contributed by atoms with Gasteiger partial charge >= 0.3 is 5.97 Å². The van der Waals surface area contributed by atoms with Crippen molar-refractivity contribution in [2.75, 3.05) is 11.1 Å². The number of nitrogens with two attached hydrogens (primary N) is 2. The van der Waals surface area contributed by atoms with E-state index in [1.807, 2.05) is 19.1 Å². The van der Waals surface area contributed by atoms with Crippen LogP contribution in [0.5, 0.6) is 0 Å². The Balaban J connectivity index is 2.46. The van der Waals surface area contributed by atoms with Gasteiger partial charge in [-0.2, -0.15) is 0 Å². The summed E-state index contributed by atoms with van der Waals surface area (Å²) in [6.45, 7) is 1.88. The predicted octanol–water partition coefficient (Wildman–Crippen LogP) is 0.866. The molecule has 0 aliphatic carbocycles. The van der Waals surface area contributed by atoms with E-state index in [1.54, 1.807) is 6.07 Å². The standard InChI is InChI=1S/C14H16N4O3/c1-7-4-9-8(10(15)5-7)2-3-17-13(9)18-11(14(20)21)6-12(16)19/h2-5,11H,6,15H2,1H3,(H2,16,19)(H,17,18)(H,20,21). The number of nitrogens with one attached hydrogen (secondary N) is 1. The molecule has 1 amide bonds. The minimum absolute atomic E-state index is 0.325. The molecule has 7 heteroatoms. The molecule has 1 heterocycles. The van der Waals surface area contributed by atoms with Crippen molar-refractivity contribution in [2.24, 2.45) is 5.73 Å². The molecule has 110 valence electrons. The van der Waals surface area contributed by atoms with Crippen LogP contribution in [0, 0.1) is 6.92 Å². The molecule has 7 nitrogen and oxygen atoms in total. The van der Waals surface area contributed by atoms with Crippen LogP contribution in [0.3, 0.4) is 0 Å². The number of carbonyl (C=O) groups is 2. The maximum atomic E-state index is 11.2. The van der Waals surface area contributed by atoms with Gasteiger partial charge in [0.05, 0.1) is 6.42 Å². The van der Waals surface area contributed by atoms with Crippen molar-refractivity contribution in [1.29, 1.82) is 0 Å². The zero-order valence-electron chi connectivity index (χ0n) is 11.5. The third-order valence-corrected chi connectivity index (χ3v) is 3.07. The number of pyridine rings is 1. The van der Waals surface area contributed by atoms with E-state index in [0.29, 0.717) is 16.9 Å². The number of nitrogen functional groups attached to an aromatic ring is 1. The number of rotatable bonds is 5. The summed E-state index contributed by atoms with van der Waals surface area (Å²) < 4.78 is 0. The normalized spacial score (nSPS) is 12.0. The Morgan fingerprint density at radius 2 is 2.10 bits per heavy atom. The van der Waals surface area contributed by atoms with E-state index in [-0.39, 0.29) is 6.42 Å². The Kier molecular flexibility index (Phi) is 3.93. The van der Waals surface area contributed by atoms with Crippen molar-refractivity contribution in [3.8, 4) is 0 Å². The highest BCUT2D eigenvalue weighted by molar-refractivity contribution is 6.00. The quantitative estimate of drug-likeness (QED) is 0.603. The van der Waals surface area contributed by atoms with Crippen LogP contribution < -0.4 is 16.8 Å². The lowest BCUT2D eigenvalue weighted by molar-refractivity contribution is -0.139. The Morgan fingerprint density at radius 1 is 1.38 bits per heavy atom. The fourth-order valence-electron chi connectivity index (χ4n) is 2.14. The molecule has 1 aromatic heterocycles. The molecule has 21 heavy (non-hydrogen) atoms. The van der Waals surface area contributed by atoms with Crippen LogP contribution in [0.15, 0.2) is 24.4 Å². The average molecular weight is 288 g/mol. The number of primary amides is 1. The second kappa shape index (κ2) is 5.66. The van der Waals surface area contributed by atoms with Gasteiger partial charge in [0.25, 0.3) is 0 Å². The number of hydrogen-bond acceptors (Lipinski definition) is 5. The highest BCUT2D eigenvalue weighted by atomic mass is 16.4. The fraction of sp³-hybridized carbons (Fsp3) is 0.214. The summed E-state index contributed by atoms with van der Waals surface area (Å²) in [7, 11) is 0. The number of nitrogens with zero attached hydrogens (tertiary/aromatic N) is 1. The van der Waals surface area contributed by atoms with Crippen LogP contribution in [0.4, 0.5) is 11.5 Å². The summed E-state index contributed by atoms with van der Waals surface area (Å²) in [5.41, 5.74) is 12.5. The number of benzene rings is 1. The lowest BCUT2D eigenvalue weighted by Crippen LogP contribution is -2.34. The zero-order valence-corrected chi connectivity index (χ0v) is 11.5. The molecule has 2 aromatic rings. The monoisotopic (exact) mass is 288 g/mol. The Hall–Kier alpha value is -2.83. The molecule has 0 radical (unpaired) electrons. The fourth-order valence-corrected chi connectivity index (χ4v) is 2.14. The van der Waals surface area contributed by atoms with Gasteiger partial charge in [0.1, 0.15) is 11.9 Å². The third-order valence-electron chi connectivity index (χ3n) is 3.07. The number of anilines is 2. The molecule has 0 saturated heterocycles. The van der Waals surface area contributed by atoms with Crippen molar-refractivity contribution < 1.29 is 14.7 Å². The van der Waals surface area contributed by atoms with Crippen LogP contribution in [-0.2, 0) is 9.59 Å². The first-order valence-corrected chi connectivity index (χ1v) is 6.31. The zero-order chi connectivity index (χ0) is 15.6. The number of carboxylic acids is 1. The number of amides is 1. The van der Waals surface area contributed by atoms with Crippen molar-refractivity contribution in [1.82, 2.24) is 4.98 Å². The van der Waals surface area contributed by atoms with E-state index in [9.17, 15) is 9.59 Å². The number of fused-ring (bicyclic) bond motifs is 1. The van der Waals surface area contributed by atoms with Gasteiger partial charge in [-0.3, -0.25) is 4.79 Å². The van der Waals surface area contributed by atoms with E-state index >= 15 is 0 Å². The van der Waals surface area contributed by atoms with Crippen LogP contribution in [0.1, 0.15) is 12.0 Å². The van der Waals surface area contributed by atoms with Crippen molar-refractivity contribution in [3.63, 3.8) is 0 Å². The highest BCUT2D eigenvalue weighted by Crippen LogP contribution is 2.28. The summed E-state index contributed by atoms with van der Waals surface area (Å²) in [4.78, 5) is 26.3. The number of carbonyl (C=O) groups excluding carboxylic acids is 1. The Morgan fingerprint density at radius 3 is 2.71 bits per heavy atom. The van der Waals surface area contributed by atoms with Crippen LogP contribution in [-0.4, -0.2) is 28.0 Å². The summed E-state index contributed by atoms with van der Waals surface area (Å²) in [6, 6.07) is 4.29. The minimum atomic E-state index is -1.17. The number of hydrogen-bond donors (Lipinski definition) is 4. The van der Waals surface area contributed by atoms with Crippen molar-refractivity contribution >= 4 is 34.2 Å². The van der Waals surface area contributed by atoms with Crippen LogP contribution in [0.2, 0.25) is 0 Å². The molecule has 0 bridgehead atoms. The molecule has 1 unspecified atom stereocenters. The molecule has 0 aliphatic rings. The van der Waals surface area contributed by atoms with Gasteiger partial charge in [-0.25, -0.2) is 9.78 Å². The average Bonchev–Trinajstić information content (AvgIpc) is 2.38. The molecule has 0 saturated carbocycles. The molecule has 0 spiro atoms. The molecule has 2 rings (SSSR count). The second-order valence-electron chi connectivity index (χ2n) is 4.81. The smallest absolute Gasteiger partial charge is 0.326 e. The summed E-state index contributed by atoms with van der Waals surface area (Å²) in [5.74, 6) is -1.52. The summed E-state index contributed by atoms with van der Waals surface area (Å²) in [6.07, 6.45) is 1.20. The van der Waals surface area contributed by atoms with E-state index in [1.165, 1.54) is 6.20 Å². The highest BCUT2D eigenvalue weighted by Gasteiger charge is 2.21. The first-order chi connectivity index (χ1) is 9.88. The molecule has 0 aliphatic heterocycles. The Bertz CT molecular complexity index is 715. The van der Waals surface area contributed by atoms with Gasteiger partial charge in [-0.05, 0) is 30.7 Å². The van der Waals surface area contributed by atoms with E-state index in [2.05, 4.69) is 10.3 Å². The molecule has 0 fully saturated rings. The van der Waals surface area contributed by atoms with Gasteiger partial charge in [0, 0.05) is 22.7 Å². The van der Waals surface area contributed by atoms with Crippen LogP contribution in [0.25, 0.3) is 10.8 Å². The third kappa shape index (κ3) is 3.19. The maximum Gasteiger partial charge on any atom is 0.326 e. The SMILES string of the molecule is Cc1cc(N)c2ccnc(NC(CC(N)=O)C(=O)O)c2c1. The number of aliphatic carboxylic acids is 1. The Labute approximate surface area is 121 Å². The van der Waals surface area contributed by atoms with Gasteiger partial charge in [-0.1, -0.05) is 0 Å². The molecule has 1 aromatic carbocycles. The minimum Gasteiger partial charge on any atom is -0.480 e. The van der Waals surface area contributed by atoms with Gasteiger partial charge in [0.2, 0.25) is 5.91 Å². The lowest BCUT2D eigenvalue weighted by atomic mass is 10.1. The molecule has 1 atom stereocenters. The molecule has 6 N–H and O–H groups in total. The van der Waals surface area contributed by atoms with E-state index < -0.39 is 17.9 Å². The van der Waals surface area contributed by atoms with Crippen LogP contribution >= 0.6 is 0 Å². The predicted molar refractivity (Wildman–Crippen MR) is 79.8 cm³/mol. The van der Waals surface area contributed by atoms with Crippen molar-refractivity contribution in [2.45, 2.75) is 19.4 Å². The number of carboxylic acid groups (broad SMARTS) is 1. The van der Waals surface area contributed by atoms with Gasteiger partial charge < -0.3 is 21.9 Å². The number of aryl methyl sites for hydroxylation is 1. The van der Waals surface area contributed by atoms with Gasteiger partial charge in [-0.15, -0.1) is 0 Å². The lowest BCUT2D eigenvalue weighted by Gasteiger charge is -2.16. The number of aromatic nitrogens is 1. The molecular weight excluding hydrogens is 272 g/mol. The second-order valence-corrected chi connectivity index (χ2v) is 4.81. The summed E-state index contributed by atoms with van der Waals surface area (Å²) in [5, 5.41) is 13.3.